The SMILES string of the molecule is CC(C)c1ccc(C(C(=O)NC(C)(C)C)N(C(=O)c2csnn2)C2CCCC2)cc1. The van der Waals surface area contributed by atoms with Crippen molar-refractivity contribution in [2.75, 3.05) is 0 Å². The fourth-order valence-corrected chi connectivity index (χ4v) is 4.44. The summed E-state index contributed by atoms with van der Waals surface area (Å²) in [7, 11) is 0. The van der Waals surface area contributed by atoms with Crippen molar-refractivity contribution in [2.24, 2.45) is 0 Å². The molecule has 0 saturated heterocycles. The van der Waals surface area contributed by atoms with Gasteiger partial charge in [0.15, 0.2) is 5.69 Å². The zero-order chi connectivity index (χ0) is 21.9. The second-order valence-corrected chi connectivity index (χ2v) is 10.0. The summed E-state index contributed by atoms with van der Waals surface area (Å²) in [5.74, 6) is 0.00966. The Kier molecular flexibility index (Phi) is 6.91. The first-order valence-corrected chi connectivity index (χ1v) is 11.5. The summed E-state index contributed by atoms with van der Waals surface area (Å²) < 4.78 is 3.86. The predicted molar refractivity (Wildman–Crippen MR) is 120 cm³/mol. The zero-order valence-corrected chi connectivity index (χ0v) is 19.3. The minimum Gasteiger partial charge on any atom is -0.349 e. The van der Waals surface area contributed by atoms with E-state index in [0.717, 1.165) is 42.8 Å². The Labute approximate surface area is 183 Å². The maximum absolute atomic E-state index is 13.5. The molecule has 2 amide bonds. The smallest absolute Gasteiger partial charge is 0.276 e. The van der Waals surface area contributed by atoms with E-state index < -0.39 is 11.6 Å². The molecule has 30 heavy (non-hydrogen) atoms. The van der Waals surface area contributed by atoms with Crippen LogP contribution in [0.3, 0.4) is 0 Å². The van der Waals surface area contributed by atoms with Crippen molar-refractivity contribution >= 4 is 23.3 Å². The van der Waals surface area contributed by atoms with Gasteiger partial charge in [-0.25, -0.2) is 0 Å². The average molecular weight is 429 g/mol. The molecule has 162 valence electrons. The largest absolute Gasteiger partial charge is 0.349 e. The van der Waals surface area contributed by atoms with Crippen LogP contribution >= 0.6 is 11.5 Å². The molecule has 1 heterocycles. The normalized spacial score (nSPS) is 15.9. The van der Waals surface area contributed by atoms with E-state index in [-0.39, 0.29) is 17.9 Å². The van der Waals surface area contributed by atoms with Crippen molar-refractivity contribution in [1.29, 1.82) is 0 Å². The van der Waals surface area contributed by atoms with Crippen LogP contribution in [-0.4, -0.2) is 37.9 Å². The quantitative estimate of drug-likeness (QED) is 0.723. The second-order valence-electron chi connectivity index (χ2n) is 9.40. The summed E-state index contributed by atoms with van der Waals surface area (Å²) in [5, 5.41) is 8.75. The highest BCUT2D eigenvalue weighted by Gasteiger charge is 2.39. The van der Waals surface area contributed by atoms with E-state index in [2.05, 4.69) is 40.9 Å². The van der Waals surface area contributed by atoms with Gasteiger partial charge < -0.3 is 10.2 Å². The lowest BCUT2D eigenvalue weighted by atomic mass is 9.95. The topological polar surface area (TPSA) is 75.2 Å². The highest BCUT2D eigenvalue weighted by Crippen LogP contribution is 2.34. The van der Waals surface area contributed by atoms with Crippen molar-refractivity contribution in [3.63, 3.8) is 0 Å². The molecule has 0 aliphatic heterocycles. The van der Waals surface area contributed by atoms with Crippen molar-refractivity contribution in [3.8, 4) is 0 Å². The summed E-state index contributed by atoms with van der Waals surface area (Å²) >= 11 is 1.15. The van der Waals surface area contributed by atoms with Crippen molar-refractivity contribution < 1.29 is 9.59 Å². The first-order valence-electron chi connectivity index (χ1n) is 10.7. The van der Waals surface area contributed by atoms with Gasteiger partial charge in [0, 0.05) is 17.0 Å². The molecular formula is C23H32N4O2S. The lowest BCUT2D eigenvalue weighted by molar-refractivity contribution is -0.128. The molecule has 1 unspecified atom stereocenters. The van der Waals surface area contributed by atoms with Crippen LogP contribution in [0.1, 0.15) is 93.9 Å². The molecule has 7 heteroatoms. The first kappa shape index (κ1) is 22.4. The summed E-state index contributed by atoms with van der Waals surface area (Å²) in [6.07, 6.45) is 3.91. The summed E-state index contributed by atoms with van der Waals surface area (Å²) in [6, 6.07) is 7.38. The number of carbonyl (C=O) groups is 2. The van der Waals surface area contributed by atoms with E-state index in [1.807, 2.05) is 32.9 Å². The van der Waals surface area contributed by atoms with Crippen LogP contribution in [0.5, 0.6) is 0 Å². The molecule has 1 N–H and O–H groups in total. The Morgan fingerprint density at radius 2 is 1.70 bits per heavy atom. The molecular weight excluding hydrogens is 396 g/mol. The number of rotatable bonds is 6. The second kappa shape index (κ2) is 9.25. The number of hydrogen-bond acceptors (Lipinski definition) is 5. The number of nitrogens with zero attached hydrogens (tertiary/aromatic N) is 3. The van der Waals surface area contributed by atoms with Gasteiger partial charge in [0.05, 0.1) is 0 Å². The molecule has 1 aromatic heterocycles. The van der Waals surface area contributed by atoms with E-state index in [1.165, 1.54) is 5.56 Å². The number of nitrogens with one attached hydrogen (secondary N) is 1. The Morgan fingerprint density at radius 3 is 2.20 bits per heavy atom. The predicted octanol–water partition coefficient (Wildman–Crippen LogP) is 4.70. The molecule has 0 spiro atoms. The van der Waals surface area contributed by atoms with Crippen molar-refractivity contribution in [1.82, 2.24) is 19.8 Å². The van der Waals surface area contributed by atoms with Gasteiger partial charge in [-0.3, -0.25) is 9.59 Å². The zero-order valence-electron chi connectivity index (χ0n) is 18.5. The summed E-state index contributed by atoms with van der Waals surface area (Å²) in [4.78, 5) is 28.8. The van der Waals surface area contributed by atoms with Gasteiger partial charge in [0.25, 0.3) is 5.91 Å². The van der Waals surface area contributed by atoms with Gasteiger partial charge in [0.2, 0.25) is 5.91 Å². The molecule has 3 rings (SSSR count). The molecule has 0 radical (unpaired) electrons. The molecule has 1 saturated carbocycles. The lowest BCUT2D eigenvalue weighted by Gasteiger charge is -2.37. The molecule has 1 aliphatic rings. The number of hydrogen-bond donors (Lipinski definition) is 1. The summed E-state index contributed by atoms with van der Waals surface area (Å²) in [6.45, 7) is 10.1. The molecule has 1 atom stereocenters. The van der Waals surface area contributed by atoms with Gasteiger partial charge in [0.1, 0.15) is 6.04 Å². The van der Waals surface area contributed by atoms with Crippen molar-refractivity contribution in [3.05, 3.63) is 46.5 Å². The fourth-order valence-electron chi connectivity index (χ4n) is 4.01. The van der Waals surface area contributed by atoms with Crippen LogP contribution < -0.4 is 5.32 Å². The highest BCUT2D eigenvalue weighted by molar-refractivity contribution is 7.03. The van der Waals surface area contributed by atoms with Crippen LogP contribution in [0.25, 0.3) is 0 Å². The Morgan fingerprint density at radius 1 is 1.10 bits per heavy atom. The summed E-state index contributed by atoms with van der Waals surface area (Å²) in [5.41, 5.74) is 1.93. The third-order valence-corrected chi connectivity index (χ3v) is 5.98. The Balaban J connectivity index is 2.06. The number of amides is 2. The van der Waals surface area contributed by atoms with Crippen LogP contribution in [0.15, 0.2) is 29.6 Å². The molecule has 1 aliphatic carbocycles. The maximum Gasteiger partial charge on any atom is 0.276 e. The van der Waals surface area contributed by atoms with Crippen LogP contribution in [-0.2, 0) is 4.79 Å². The molecule has 1 fully saturated rings. The maximum atomic E-state index is 13.5. The van der Waals surface area contributed by atoms with E-state index in [4.69, 9.17) is 0 Å². The third-order valence-electron chi connectivity index (χ3n) is 5.48. The lowest BCUT2D eigenvalue weighted by Crippen LogP contribution is -2.51. The fraction of sp³-hybridized carbons (Fsp3) is 0.565. The molecule has 6 nitrogen and oxygen atoms in total. The Hall–Kier alpha value is -2.28. The average Bonchev–Trinajstić information content (AvgIpc) is 3.37. The highest BCUT2D eigenvalue weighted by atomic mass is 32.1. The van der Waals surface area contributed by atoms with E-state index >= 15 is 0 Å². The van der Waals surface area contributed by atoms with Crippen molar-refractivity contribution in [2.45, 2.75) is 83.8 Å². The van der Waals surface area contributed by atoms with Crippen LogP contribution in [0.2, 0.25) is 0 Å². The van der Waals surface area contributed by atoms with E-state index in [1.54, 1.807) is 10.3 Å². The molecule has 1 aromatic carbocycles. The van der Waals surface area contributed by atoms with Gasteiger partial charge >= 0.3 is 0 Å². The van der Waals surface area contributed by atoms with Gasteiger partial charge in [-0.15, -0.1) is 5.10 Å². The Bertz CT molecular complexity index is 850. The number of benzene rings is 1. The molecule has 2 aromatic rings. The van der Waals surface area contributed by atoms with E-state index in [9.17, 15) is 9.59 Å². The third kappa shape index (κ3) is 5.25. The monoisotopic (exact) mass is 428 g/mol. The van der Waals surface area contributed by atoms with Gasteiger partial charge in [-0.2, -0.15) is 0 Å². The van der Waals surface area contributed by atoms with Crippen LogP contribution in [0, 0.1) is 0 Å². The standard InChI is InChI=1S/C23H32N4O2S/c1-15(2)16-10-12-17(13-11-16)20(21(28)24-23(3,4)5)27(18-8-6-7-9-18)22(29)19-14-30-26-25-19/h10-15,18,20H,6-9H2,1-5H3,(H,24,28). The first-order chi connectivity index (χ1) is 14.2. The van der Waals surface area contributed by atoms with Gasteiger partial charge in [-0.1, -0.05) is 55.4 Å². The van der Waals surface area contributed by atoms with Gasteiger partial charge in [-0.05, 0) is 62.2 Å². The number of carbonyl (C=O) groups excluding carboxylic acids is 2. The minimum absolute atomic E-state index is 0.0136. The van der Waals surface area contributed by atoms with E-state index in [0.29, 0.717) is 11.6 Å². The number of aromatic nitrogens is 2. The minimum atomic E-state index is -0.706. The molecule has 0 bridgehead atoms. The van der Waals surface area contributed by atoms with Crippen LogP contribution in [0.4, 0.5) is 0 Å².